The molecule has 0 unspecified atom stereocenters. The summed E-state index contributed by atoms with van der Waals surface area (Å²) in [6.45, 7) is 7.23. The SMILES string of the molecule is CCCCOCCCNC(=NC)NCc1cccc(NC(=O)CCC)c1.I. The van der Waals surface area contributed by atoms with E-state index in [0.717, 1.165) is 62.7 Å². The van der Waals surface area contributed by atoms with E-state index in [9.17, 15) is 4.79 Å². The van der Waals surface area contributed by atoms with Gasteiger partial charge in [-0.2, -0.15) is 0 Å². The molecule has 0 fully saturated rings. The van der Waals surface area contributed by atoms with Crippen LogP contribution in [0.4, 0.5) is 5.69 Å². The fraction of sp³-hybridized carbons (Fsp3) is 0.600. The third kappa shape index (κ3) is 12.6. The molecule has 0 aromatic heterocycles. The van der Waals surface area contributed by atoms with Crippen LogP contribution in [0.2, 0.25) is 0 Å². The molecule has 7 heteroatoms. The molecule has 154 valence electrons. The van der Waals surface area contributed by atoms with Gasteiger partial charge in [0, 0.05) is 45.5 Å². The number of nitrogens with zero attached hydrogens (tertiary/aromatic N) is 1. The first-order valence-electron chi connectivity index (χ1n) is 9.60. The van der Waals surface area contributed by atoms with Gasteiger partial charge in [0.2, 0.25) is 5.91 Å². The topological polar surface area (TPSA) is 74.8 Å². The van der Waals surface area contributed by atoms with E-state index in [1.54, 1.807) is 7.05 Å². The molecule has 0 spiro atoms. The fourth-order valence-electron chi connectivity index (χ4n) is 2.35. The highest BCUT2D eigenvalue weighted by Gasteiger charge is 2.03. The second-order valence-electron chi connectivity index (χ2n) is 6.17. The van der Waals surface area contributed by atoms with Crippen LogP contribution in [0.3, 0.4) is 0 Å². The molecule has 0 aliphatic heterocycles. The van der Waals surface area contributed by atoms with Crippen molar-refractivity contribution in [2.75, 3.05) is 32.1 Å². The maximum absolute atomic E-state index is 11.7. The lowest BCUT2D eigenvalue weighted by Crippen LogP contribution is -2.37. The molecular formula is C20H35IN4O2. The average Bonchev–Trinajstić information content (AvgIpc) is 2.64. The van der Waals surface area contributed by atoms with Crippen LogP contribution in [0.1, 0.15) is 51.5 Å². The smallest absolute Gasteiger partial charge is 0.224 e. The second-order valence-corrected chi connectivity index (χ2v) is 6.17. The maximum atomic E-state index is 11.7. The molecule has 1 aromatic rings. The van der Waals surface area contributed by atoms with Gasteiger partial charge in [-0.3, -0.25) is 9.79 Å². The van der Waals surface area contributed by atoms with Crippen molar-refractivity contribution < 1.29 is 9.53 Å². The van der Waals surface area contributed by atoms with Crippen LogP contribution in [0.15, 0.2) is 29.3 Å². The lowest BCUT2D eigenvalue weighted by molar-refractivity contribution is -0.116. The summed E-state index contributed by atoms with van der Waals surface area (Å²) >= 11 is 0. The number of nitrogens with one attached hydrogen (secondary N) is 3. The molecule has 0 aliphatic rings. The van der Waals surface area contributed by atoms with E-state index >= 15 is 0 Å². The molecule has 1 rings (SSSR count). The summed E-state index contributed by atoms with van der Waals surface area (Å²) in [6.07, 6.45) is 4.62. The van der Waals surface area contributed by atoms with E-state index in [2.05, 4.69) is 27.9 Å². The Morgan fingerprint density at radius 1 is 1.11 bits per heavy atom. The Morgan fingerprint density at radius 3 is 2.59 bits per heavy atom. The zero-order chi connectivity index (χ0) is 19.0. The van der Waals surface area contributed by atoms with Crippen LogP contribution in [-0.2, 0) is 16.1 Å². The first-order chi connectivity index (χ1) is 12.7. The van der Waals surface area contributed by atoms with Gasteiger partial charge in [0.25, 0.3) is 0 Å². The van der Waals surface area contributed by atoms with Gasteiger partial charge in [0.1, 0.15) is 0 Å². The Labute approximate surface area is 181 Å². The molecule has 3 N–H and O–H groups in total. The van der Waals surface area contributed by atoms with E-state index in [1.165, 1.54) is 0 Å². The number of unbranched alkanes of at least 4 members (excludes halogenated alkanes) is 1. The molecule has 0 saturated heterocycles. The molecule has 0 heterocycles. The minimum atomic E-state index is 0. The first kappa shape index (κ1) is 25.6. The van der Waals surface area contributed by atoms with Crippen LogP contribution >= 0.6 is 24.0 Å². The number of carbonyl (C=O) groups excluding carboxylic acids is 1. The van der Waals surface area contributed by atoms with Crippen LogP contribution in [0.5, 0.6) is 0 Å². The van der Waals surface area contributed by atoms with E-state index in [0.29, 0.717) is 13.0 Å². The molecule has 1 amide bonds. The largest absolute Gasteiger partial charge is 0.381 e. The molecule has 0 radical (unpaired) electrons. The molecule has 6 nitrogen and oxygen atoms in total. The summed E-state index contributed by atoms with van der Waals surface area (Å²) in [5.41, 5.74) is 1.92. The van der Waals surface area contributed by atoms with Crippen LogP contribution in [0, 0.1) is 0 Å². The standard InChI is InChI=1S/C20H34N4O2.HI/c1-4-6-13-26-14-8-12-22-20(21-3)23-16-17-10-7-11-18(15-17)24-19(25)9-5-2;/h7,10-11,15H,4-6,8-9,12-14,16H2,1-3H3,(H,24,25)(H2,21,22,23);1H. The fourth-order valence-corrected chi connectivity index (χ4v) is 2.35. The summed E-state index contributed by atoms with van der Waals surface area (Å²) in [7, 11) is 1.76. The summed E-state index contributed by atoms with van der Waals surface area (Å²) in [4.78, 5) is 15.9. The molecule has 0 saturated carbocycles. The van der Waals surface area contributed by atoms with Gasteiger partial charge in [-0.1, -0.05) is 32.4 Å². The number of rotatable bonds is 12. The molecule has 0 bridgehead atoms. The number of hydrogen-bond acceptors (Lipinski definition) is 3. The van der Waals surface area contributed by atoms with Crippen molar-refractivity contribution >= 4 is 41.5 Å². The van der Waals surface area contributed by atoms with Crippen molar-refractivity contribution in [1.82, 2.24) is 10.6 Å². The lowest BCUT2D eigenvalue weighted by Gasteiger charge is -2.13. The van der Waals surface area contributed by atoms with Crippen LogP contribution in [-0.4, -0.2) is 38.7 Å². The van der Waals surface area contributed by atoms with E-state index in [1.807, 2.05) is 31.2 Å². The molecular weight excluding hydrogens is 455 g/mol. The van der Waals surface area contributed by atoms with Crippen molar-refractivity contribution in [3.8, 4) is 0 Å². The highest BCUT2D eigenvalue weighted by atomic mass is 127. The number of ether oxygens (including phenoxy) is 1. The molecule has 0 atom stereocenters. The van der Waals surface area contributed by atoms with Gasteiger partial charge in [-0.15, -0.1) is 24.0 Å². The monoisotopic (exact) mass is 490 g/mol. The van der Waals surface area contributed by atoms with Crippen molar-refractivity contribution in [3.05, 3.63) is 29.8 Å². The Morgan fingerprint density at radius 2 is 1.89 bits per heavy atom. The lowest BCUT2D eigenvalue weighted by atomic mass is 10.2. The highest BCUT2D eigenvalue weighted by Crippen LogP contribution is 2.11. The number of benzene rings is 1. The average molecular weight is 490 g/mol. The molecule has 1 aromatic carbocycles. The van der Waals surface area contributed by atoms with Gasteiger partial charge < -0.3 is 20.7 Å². The predicted octanol–water partition coefficient (Wildman–Crippen LogP) is 3.92. The van der Waals surface area contributed by atoms with Gasteiger partial charge in [-0.05, 0) is 37.0 Å². The number of amides is 1. The Balaban J connectivity index is 0.00000676. The number of hydrogen-bond donors (Lipinski definition) is 3. The second kappa shape index (κ2) is 16.8. The van der Waals surface area contributed by atoms with Gasteiger partial charge in [0.15, 0.2) is 5.96 Å². The zero-order valence-corrected chi connectivity index (χ0v) is 19.2. The third-order valence-corrected chi connectivity index (χ3v) is 3.77. The third-order valence-electron chi connectivity index (χ3n) is 3.77. The molecule has 27 heavy (non-hydrogen) atoms. The quantitative estimate of drug-likeness (QED) is 0.180. The highest BCUT2D eigenvalue weighted by molar-refractivity contribution is 14.0. The summed E-state index contributed by atoms with van der Waals surface area (Å²) < 4.78 is 5.55. The normalized spacial score (nSPS) is 10.9. The number of halogens is 1. The van der Waals surface area contributed by atoms with Crippen molar-refractivity contribution in [1.29, 1.82) is 0 Å². The number of anilines is 1. The van der Waals surface area contributed by atoms with Gasteiger partial charge >= 0.3 is 0 Å². The van der Waals surface area contributed by atoms with E-state index < -0.39 is 0 Å². The van der Waals surface area contributed by atoms with Crippen molar-refractivity contribution in [2.24, 2.45) is 4.99 Å². The van der Waals surface area contributed by atoms with Gasteiger partial charge in [-0.25, -0.2) is 0 Å². The number of carbonyl (C=O) groups is 1. The van der Waals surface area contributed by atoms with E-state index in [-0.39, 0.29) is 29.9 Å². The number of guanidine groups is 1. The zero-order valence-electron chi connectivity index (χ0n) is 16.8. The minimum Gasteiger partial charge on any atom is -0.381 e. The molecule has 0 aliphatic carbocycles. The Bertz CT molecular complexity index is 553. The summed E-state index contributed by atoms with van der Waals surface area (Å²) in [5, 5.41) is 9.49. The Hall–Kier alpha value is -1.35. The minimum absolute atomic E-state index is 0. The predicted molar refractivity (Wildman–Crippen MR) is 124 cm³/mol. The maximum Gasteiger partial charge on any atom is 0.224 e. The number of aliphatic imine (C=N–C) groups is 1. The summed E-state index contributed by atoms with van der Waals surface area (Å²) in [6, 6.07) is 7.86. The summed E-state index contributed by atoms with van der Waals surface area (Å²) in [5.74, 6) is 0.815. The Kier molecular flexibility index (Phi) is 16.0. The van der Waals surface area contributed by atoms with Crippen LogP contribution < -0.4 is 16.0 Å². The van der Waals surface area contributed by atoms with Crippen molar-refractivity contribution in [3.63, 3.8) is 0 Å². The first-order valence-corrected chi connectivity index (χ1v) is 9.60. The van der Waals surface area contributed by atoms with Crippen molar-refractivity contribution in [2.45, 2.75) is 52.5 Å². The van der Waals surface area contributed by atoms with E-state index in [4.69, 9.17) is 4.74 Å². The van der Waals surface area contributed by atoms with Crippen LogP contribution in [0.25, 0.3) is 0 Å². The van der Waals surface area contributed by atoms with Gasteiger partial charge in [0.05, 0.1) is 0 Å².